The van der Waals surface area contributed by atoms with E-state index in [9.17, 15) is 9.90 Å². The first-order valence-corrected chi connectivity index (χ1v) is 6.45. The van der Waals surface area contributed by atoms with Crippen molar-refractivity contribution in [3.8, 4) is 11.5 Å². The summed E-state index contributed by atoms with van der Waals surface area (Å²) in [7, 11) is 3.05. The first-order chi connectivity index (χ1) is 9.38. The molecule has 0 aliphatic rings. The van der Waals surface area contributed by atoms with Gasteiger partial charge in [-0.25, -0.2) is 0 Å². The van der Waals surface area contributed by atoms with E-state index in [1.54, 1.807) is 46.1 Å². The Morgan fingerprint density at radius 1 is 1.30 bits per heavy atom. The maximum Gasteiger partial charge on any atom is 0.314 e. The second kappa shape index (κ2) is 6.61. The minimum atomic E-state index is -1.07. The molecule has 0 bridgehead atoms. The topological polar surface area (TPSA) is 65.0 Å². The van der Waals surface area contributed by atoms with Crippen molar-refractivity contribution in [1.29, 1.82) is 0 Å². The molecule has 5 heteroatoms. The van der Waals surface area contributed by atoms with E-state index in [0.29, 0.717) is 17.1 Å². The number of aliphatic hydroxyl groups excluding tert-OH is 1. The molecular weight excluding hydrogens is 260 g/mol. The standard InChI is InChI=1S/C15H22O5/c1-6-20-14(17)15(2,3)13(16)11-8-7-10(18-4)9-12(11)19-5/h7-9,13,16H,6H2,1-5H3. The number of benzene rings is 1. The van der Waals surface area contributed by atoms with Crippen molar-refractivity contribution in [2.45, 2.75) is 26.9 Å². The van der Waals surface area contributed by atoms with Crippen LogP contribution in [0.3, 0.4) is 0 Å². The summed E-state index contributed by atoms with van der Waals surface area (Å²) < 4.78 is 15.4. The van der Waals surface area contributed by atoms with Crippen molar-refractivity contribution in [1.82, 2.24) is 0 Å². The zero-order chi connectivity index (χ0) is 15.3. The van der Waals surface area contributed by atoms with E-state index in [-0.39, 0.29) is 6.61 Å². The van der Waals surface area contributed by atoms with Gasteiger partial charge in [0.2, 0.25) is 0 Å². The first-order valence-electron chi connectivity index (χ1n) is 6.45. The average Bonchev–Trinajstić information content (AvgIpc) is 2.45. The summed E-state index contributed by atoms with van der Waals surface area (Å²) in [6.45, 7) is 5.28. The largest absolute Gasteiger partial charge is 0.497 e. The molecule has 1 N–H and O–H groups in total. The zero-order valence-corrected chi connectivity index (χ0v) is 12.6. The van der Waals surface area contributed by atoms with Gasteiger partial charge >= 0.3 is 5.97 Å². The molecule has 0 heterocycles. The highest BCUT2D eigenvalue weighted by molar-refractivity contribution is 5.77. The van der Waals surface area contributed by atoms with Crippen LogP contribution in [-0.2, 0) is 9.53 Å². The Morgan fingerprint density at radius 3 is 2.45 bits per heavy atom. The number of ether oxygens (including phenoxy) is 3. The van der Waals surface area contributed by atoms with Crippen molar-refractivity contribution >= 4 is 5.97 Å². The second-order valence-electron chi connectivity index (χ2n) is 4.95. The van der Waals surface area contributed by atoms with Crippen molar-refractivity contribution in [3.05, 3.63) is 23.8 Å². The predicted molar refractivity (Wildman–Crippen MR) is 74.9 cm³/mol. The van der Waals surface area contributed by atoms with Crippen LogP contribution in [0.1, 0.15) is 32.4 Å². The molecule has 1 aromatic rings. The molecule has 5 nitrogen and oxygen atoms in total. The fraction of sp³-hybridized carbons (Fsp3) is 0.533. The average molecular weight is 282 g/mol. The molecule has 0 aromatic heterocycles. The first kappa shape index (κ1) is 16.3. The third-order valence-corrected chi connectivity index (χ3v) is 3.22. The second-order valence-corrected chi connectivity index (χ2v) is 4.95. The molecule has 0 spiro atoms. The van der Waals surface area contributed by atoms with Gasteiger partial charge in [0.1, 0.15) is 11.5 Å². The van der Waals surface area contributed by atoms with Gasteiger partial charge in [-0.2, -0.15) is 0 Å². The predicted octanol–water partition coefficient (Wildman–Crippen LogP) is 2.33. The maximum absolute atomic E-state index is 12.0. The quantitative estimate of drug-likeness (QED) is 0.811. The highest BCUT2D eigenvalue weighted by Gasteiger charge is 2.39. The van der Waals surface area contributed by atoms with Crippen LogP contribution in [0.4, 0.5) is 0 Å². The molecule has 20 heavy (non-hydrogen) atoms. The van der Waals surface area contributed by atoms with E-state index in [1.165, 1.54) is 7.11 Å². The summed E-state index contributed by atoms with van der Waals surface area (Å²) in [5, 5.41) is 10.5. The highest BCUT2D eigenvalue weighted by atomic mass is 16.5. The Labute approximate surface area is 119 Å². The fourth-order valence-electron chi connectivity index (χ4n) is 1.86. The van der Waals surface area contributed by atoms with Crippen molar-refractivity contribution in [3.63, 3.8) is 0 Å². The number of carbonyl (C=O) groups is 1. The van der Waals surface area contributed by atoms with E-state index in [0.717, 1.165) is 0 Å². The van der Waals surface area contributed by atoms with E-state index in [2.05, 4.69) is 0 Å². The minimum absolute atomic E-state index is 0.273. The van der Waals surface area contributed by atoms with E-state index < -0.39 is 17.5 Å². The Morgan fingerprint density at radius 2 is 1.95 bits per heavy atom. The molecule has 0 aliphatic carbocycles. The number of aliphatic hydroxyl groups is 1. The molecule has 1 rings (SSSR count). The molecule has 1 atom stereocenters. The molecule has 1 unspecified atom stereocenters. The summed E-state index contributed by atoms with van der Waals surface area (Å²) in [4.78, 5) is 12.0. The van der Waals surface area contributed by atoms with Gasteiger partial charge in [-0.1, -0.05) is 0 Å². The van der Waals surface area contributed by atoms with Gasteiger partial charge in [-0.05, 0) is 32.9 Å². The SMILES string of the molecule is CCOC(=O)C(C)(C)C(O)c1ccc(OC)cc1OC. The number of hydrogen-bond donors (Lipinski definition) is 1. The fourth-order valence-corrected chi connectivity index (χ4v) is 1.86. The maximum atomic E-state index is 12.0. The van der Waals surface area contributed by atoms with Gasteiger partial charge in [0, 0.05) is 11.6 Å². The molecule has 112 valence electrons. The van der Waals surface area contributed by atoms with Crippen LogP contribution in [0.25, 0.3) is 0 Å². The number of methoxy groups -OCH3 is 2. The summed E-state index contributed by atoms with van der Waals surface area (Å²) in [6, 6.07) is 5.06. The zero-order valence-electron chi connectivity index (χ0n) is 12.6. The number of rotatable bonds is 6. The molecule has 0 saturated carbocycles. The third kappa shape index (κ3) is 3.22. The molecule has 0 saturated heterocycles. The summed E-state index contributed by atoms with van der Waals surface area (Å²) >= 11 is 0. The summed E-state index contributed by atoms with van der Waals surface area (Å²) in [6.07, 6.45) is -1.04. The lowest BCUT2D eigenvalue weighted by Crippen LogP contribution is -2.33. The number of carbonyl (C=O) groups excluding carboxylic acids is 1. The molecule has 0 aliphatic heterocycles. The van der Waals surface area contributed by atoms with Crippen LogP contribution in [-0.4, -0.2) is 31.9 Å². The van der Waals surface area contributed by atoms with E-state index in [4.69, 9.17) is 14.2 Å². The van der Waals surface area contributed by atoms with Crippen LogP contribution in [0.5, 0.6) is 11.5 Å². The van der Waals surface area contributed by atoms with Crippen LogP contribution >= 0.6 is 0 Å². The number of hydrogen-bond acceptors (Lipinski definition) is 5. The Hall–Kier alpha value is -1.75. The lowest BCUT2D eigenvalue weighted by atomic mass is 9.82. The van der Waals surface area contributed by atoms with Crippen molar-refractivity contribution < 1.29 is 24.1 Å². The smallest absolute Gasteiger partial charge is 0.314 e. The molecule has 0 radical (unpaired) electrons. The molecule has 1 aromatic carbocycles. The lowest BCUT2D eigenvalue weighted by Gasteiger charge is -2.29. The summed E-state index contributed by atoms with van der Waals surface area (Å²) in [5.41, 5.74) is -0.552. The van der Waals surface area contributed by atoms with Gasteiger partial charge in [0.05, 0.1) is 32.3 Å². The van der Waals surface area contributed by atoms with Gasteiger partial charge in [0.25, 0.3) is 0 Å². The molecule has 0 amide bonds. The van der Waals surface area contributed by atoms with Crippen LogP contribution < -0.4 is 9.47 Å². The normalized spacial score (nSPS) is 12.7. The van der Waals surface area contributed by atoms with Gasteiger partial charge in [-0.3, -0.25) is 4.79 Å². The molecular formula is C15H22O5. The third-order valence-electron chi connectivity index (χ3n) is 3.22. The van der Waals surface area contributed by atoms with Crippen molar-refractivity contribution in [2.24, 2.45) is 5.41 Å². The summed E-state index contributed by atoms with van der Waals surface area (Å²) in [5.74, 6) is 0.631. The van der Waals surface area contributed by atoms with Crippen molar-refractivity contribution in [2.75, 3.05) is 20.8 Å². The Balaban J connectivity index is 3.13. The monoisotopic (exact) mass is 282 g/mol. The van der Waals surface area contributed by atoms with Crippen LogP contribution in [0.2, 0.25) is 0 Å². The van der Waals surface area contributed by atoms with E-state index >= 15 is 0 Å². The van der Waals surface area contributed by atoms with E-state index in [1.807, 2.05) is 0 Å². The lowest BCUT2D eigenvalue weighted by molar-refractivity contribution is -0.160. The Bertz CT molecular complexity index is 467. The van der Waals surface area contributed by atoms with Gasteiger partial charge in [0.15, 0.2) is 0 Å². The van der Waals surface area contributed by atoms with Gasteiger partial charge < -0.3 is 19.3 Å². The molecule has 0 fully saturated rings. The van der Waals surface area contributed by atoms with Crippen LogP contribution in [0, 0.1) is 5.41 Å². The van der Waals surface area contributed by atoms with Gasteiger partial charge in [-0.15, -0.1) is 0 Å². The number of esters is 1. The van der Waals surface area contributed by atoms with Crippen LogP contribution in [0.15, 0.2) is 18.2 Å². The Kier molecular flexibility index (Phi) is 5.39. The minimum Gasteiger partial charge on any atom is -0.497 e. The highest BCUT2D eigenvalue weighted by Crippen LogP contribution is 2.40.